The number of likely N-dealkylation sites (tertiary alicyclic amines) is 1. The van der Waals surface area contributed by atoms with Crippen LogP contribution in [0.1, 0.15) is 45.8 Å². The van der Waals surface area contributed by atoms with E-state index in [4.69, 9.17) is 14.4 Å². The summed E-state index contributed by atoms with van der Waals surface area (Å²) in [6, 6.07) is 20.0. The van der Waals surface area contributed by atoms with Gasteiger partial charge in [0.25, 0.3) is 5.91 Å². The summed E-state index contributed by atoms with van der Waals surface area (Å²) in [6.45, 7) is 2.01. The predicted octanol–water partition coefficient (Wildman–Crippen LogP) is 3.78. The smallest absolute Gasteiger partial charge is 0.287 e. The second-order valence-electron chi connectivity index (χ2n) is 7.61. The van der Waals surface area contributed by atoms with Crippen LogP contribution in [0.15, 0.2) is 65.1 Å². The topological polar surface area (TPSA) is 95.6 Å². The first-order valence-electron chi connectivity index (χ1n) is 10.5. The van der Waals surface area contributed by atoms with Crippen LogP contribution in [0.25, 0.3) is 0 Å². The maximum atomic E-state index is 12.4. The molecule has 0 saturated carbocycles. The molecule has 1 N–H and O–H groups in total. The highest BCUT2D eigenvalue weighted by Gasteiger charge is 2.19. The van der Waals surface area contributed by atoms with E-state index in [2.05, 4.69) is 11.4 Å². The number of nitrogens with zero attached hydrogens (tertiary/aromatic N) is 2. The third-order valence-electron chi connectivity index (χ3n) is 5.27. The van der Waals surface area contributed by atoms with Crippen molar-refractivity contribution in [3.63, 3.8) is 0 Å². The molecule has 3 aromatic rings. The van der Waals surface area contributed by atoms with Crippen LogP contribution in [0.3, 0.4) is 0 Å². The van der Waals surface area contributed by atoms with Gasteiger partial charge < -0.3 is 19.4 Å². The number of hydrogen-bond donors (Lipinski definition) is 1. The van der Waals surface area contributed by atoms with Crippen molar-refractivity contribution >= 4 is 11.8 Å². The highest BCUT2D eigenvalue weighted by molar-refractivity contribution is 5.91. The predicted molar refractivity (Wildman–Crippen MR) is 116 cm³/mol. The minimum absolute atomic E-state index is 0.181. The molecule has 0 aliphatic carbocycles. The Morgan fingerprint density at radius 2 is 1.81 bits per heavy atom. The van der Waals surface area contributed by atoms with Gasteiger partial charge >= 0.3 is 0 Å². The van der Waals surface area contributed by atoms with Crippen molar-refractivity contribution in [3.05, 3.63) is 88.9 Å². The Morgan fingerprint density at radius 3 is 2.50 bits per heavy atom. The van der Waals surface area contributed by atoms with Crippen LogP contribution in [0.5, 0.6) is 5.75 Å². The van der Waals surface area contributed by atoms with Gasteiger partial charge in [0.15, 0.2) is 5.76 Å². The lowest BCUT2D eigenvalue weighted by atomic mass is 10.1. The molecule has 0 bridgehead atoms. The second kappa shape index (κ2) is 9.84. The van der Waals surface area contributed by atoms with E-state index in [1.165, 1.54) is 0 Å². The molecule has 7 nitrogen and oxygen atoms in total. The van der Waals surface area contributed by atoms with Gasteiger partial charge in [0.2, 0.25) is 5.91 Å². The Bertz CT molecular complexity index is 1130. The van der Waals surface area contributed by atoms with Crippen LogP contribution >= 0.6 is 0 Å². The molecule has 4 rings (SSSR count). The molecule has 162 valence electrons. The van der Waals surface area contributed by atoms with E-state index < -0.39 is 0 Å². The van der Waals surface area contributed by atoms with Crippen LogP contribution in [0.4, 0.5) is 0 Å². The Kier molecular flexibility index (Phi) is 6.52. The summed E-state index contributed by atoms with van der Waals surface area (Å²) in [5, 5.41) is 11.7. The molecule has 0 radical (unpaired) electrons. The molecule has 2 heterocycles. The van der Waals surface area contributed by atoms with Crippen molar-refractivity contribution in [2.24, 2.45) is 0 Å². The highest BCUT2D eigenvalue weighted by Crippen LogP contribution is 2.17. The minimum atomic E-state index is -0.304. The summed E-state index contributed by atoms with van der Waals surface area (Å²) in [6.07, 6.45) is 1.57. The van der Waals surface area contributed by atoms with Crippen LogP contribution in [0.2, 0.25) is 0 Å². The Balaban J connectivity index is 1.24. The van der Waals surface area contributed by atoms with Crippen molar-refractivity contribution in [1.29, 1.82) is 5.26 Å². The van der Waals surface area contributed by atoms with Gasteiger partial charge in [-0.15, -0.1) is 0 Å². The maximum Gasteiger partial charge on any atom is 0.287 e. The summed E-state index contributed by atoms with van der Waals surface area (Å²) in [4.78, 5) is 26.0. The second-order valence-corrected chi connectivity index (χ2v) is 7.61. The lowest BCUT2D eigenvalue weighted by Crippen LogP contribution is -2.24. The van der Waals surface area contributed by atoms with Crippen LogP contribution in [0, 0.1) is 11.3 Å². The Labute approximate surface area is 186 Å². The summed E-state index contributed by atoms with van der Waals surface area (Å²) < 4.78 is 11.2. The van der Waals surface area contributed by atoms with E-state index in [0.717, 1.165) is 24.1 Å². The third kappa shape index (κ3) is 5.35. The summed E-state index contributed by atoms with van der Waals surface area (Å²) in [5.41, 5.74) is 2.60. The van der Waals surface area contributed by atoms with Crippen LogP contribution in [-0.4, -0.2) is 23.3 Å². The number of nitrogens with one attached hydrogen (secondary N) is 1. The first-order valence-corrected chi connectivity index (χ1v) is 10.5. The van der Waals surface area contributed by atoms with Crippen molar-refractivity contribution in [2.75, 3.05) is 6.54 Å². The molecule has 1 fully saturated rings. The summed E-state index contributed by atoms with van der Waals surface area (Å²) in [7, 11) is 0. The van der Waals surface area contributed by atoms with Gasteiger partial charge in [0, 0.05) is 26.1 Å². The molecule has 1 aromatic heterocycles. The molecule has 1 saturated heterocycles. The molecule has 0 unspecified atom stereocenters. The van der Waals surface area contributed by atoms with E-state index in [-0.39, 0.29) is 24.2 Å². The van der Waals surface area contributed by atoms with Gasteiger partial charge in [-0.05, 0) is 53.9 Å². The van der Waals surface area contributed by atoms with Gasteiger partial charge in [-0.25, -0.2) is 0 Å². The fraction of sp³-hybridized carbons (Fsp3) is 0.240. The minimum Gasteiger partial charge on any atom is -0.486 e. The molecule has 1 aliphatic heterocycles. The number of benzene rings is 2. The number of amides is 2. The number of carbonyl (C=O) groups is 2. The number of ether oxygens (including phenoxy) is 1. The van der Waals surface area contributed by atoms with Crippen molar-refractivity contribution in [1.82, 2.24) is 10.2 Å². The number of nitriles is 1. The van der Waals surface area contributed by atoms with Gasteiger partial charge in [-0.3, -0.25) is 9.59 Å². The lowest BCUT2D eigenvalue weighted by Gasteiger charge is -2.15. The Hall–Kier alpha value is -4.05. The van der Waals surface area contributed by atoms with E-state index in [1.807, 2.05) is 29.2 Å². The number of furan rings is 1. The standard InChI is InChI=1S/C25H23N3O4/c26-14-18-7-9-21(10-8-18)31-17-22-11-12-23(32-22)25(30)27-15-19-3-5-20(6-4-19)16-28-13-1-2-24(28)29/h3-12H,1-2,13,15-17H2,(H,27,30). The lowest BCUT2D eigenvalue weighted by molar-refractivity contribution is -0.128. The summed E-state index contributed by atoms with van der Waals surface area (Å²) in [5.74, 6) is 1.26. The van der Waals surface area contributed by atoms with E-state index in [0.29, 0.717) is 36.6 Å². The van der Waals surface area contributed by atoms with Gasteiger partial charge in [0.05, 0.1) is 11.6 Å². The van der Waals surface area contributed by atoms with Crippen molar-refractivity contribution in [2.45, 2.75) is 32.5 Å². The van der Waals surface area contributed by atoms with Crippen LogP contribution < -0.4 is 10.1 Å². The first kappa shape index (κ1) is 21.2. The van der Waals surface area contributed by atoms with E-state index >= 15 is 0 Å². The first-order chi connectivity index (χ1) is 15.6. The van der Waals surface area contributed by atoms with Crippen molar-refractivity contribution in [3.8, 4) is 11.8 Å². The molecule has 7 heteroatoms. The molecule has 1 aliphatic rings. The summed E-state index contributed by atoms with van der Waals surface area (Å²) >= 11 is 0. The maximum absolute atomic E-state index is 12.4. The number of hydrogen-bond acceptors (Lipinski definition) is 5. The van der Waals surface area contributed by atoms with E-state index in [9.17, 15) is 9.59 Å². The van der Waals surface area contributed by atoms with Gasteiger partial charge in [-0.1, -0.05) is 24.3 Å². The van der Waals surface area contributed by atoms with Crippen molar-refractivity contribution < 1.29 is 18.7 Å². The third-order valence-corrected chi connectivity index (χ3v) is 5.27. The largest absolute Gasteiger partial charge is 0.486 e. The fourth-order valence-corrected chi connectivity index (χ4v) is 3.48. The molecule has 0 atom stereocenters. The Morgan fingerprint density at radius 1 is 1.06 bits per heavy atom. The zero-order valence-corrected chi connectivity index (χ0v) is 17.5. The normalized spacial score (nSPS) is 13.1. The van der Waals surface area contributed by atoms with Crippen LogP contribution in [-0.2, 0) is 24.5 Å². The average Bonchev–Trinajstić information content (AvgIpc) is 3.46. The molecule has 0 spiro atoms. The molecule has 2 aromatic carbocycles. The molecule has 2 amide bonds. The number of carbonyl (C=O) groups excluding carboxylic acids is 2. The molecular weight excluding hydrogens is 406 g/mol. The van der Waals surface area contributed by atoms with E-state index in [1.54, 1.807) is 36.4 Å². The highest BCUT2D eigenvalue weighted by atomic mass is 16.5. The van der Waals surface area contributed by atoms with Gasteiger partial charge in [0.1, 0.15) is 18.1 Å². The molecule has 32 heavy (non-hydrogen) atoms. The van der Waals surface area contributed by atoms with Gasteiger partial charge in [-0.2, -0.15) is 5.26 Å². The quantitative estimate of drug-likeness (QED) is 0.588. The molecular formula is C25H23N3O4. The number of rotatable bonds is 8. The zero-order valence-electron chi connectivity index (χ0n) is 17.5. The SMILES string of the molecule is N#Cc1ccc(OCc2ccc(C(=O)NCc3ccc(CN4CCCC4=O)cc3)o2)cc1. The monoisotopic (exact) mass is 429 g/mol. The zero-order chi connectivity index (χ0) is 22.3. The average molecular weight is 429 g/mol. The fourth-order valence-electron chi connectivity index (χ4n) is 3.48.